The van der Waals surface area contributed by atoms with Crippen molar-refractivity contribution in [2.75, 3.05) is 26.2 Å². The number of carbonyl (C=O) groups excluding carboxylic acids is 2. The van der Waals surface area contributed by atoms with Gasteiger partial charge in [0.2, 0.25) is 11.8 Å². The molecular weight excluding hydrogens is 314 g/mol. The van der Waals surface area contributed by atoms with Crippen LogP contribution in [0, 0.1) is 5.92 Å². The third-order valence-corrected chi connectivity index (χ3v) is 5.11. The second kappa shape index (κ2) is 7.72. The van der Waals surface area contributed by atoms with E-state index in [1.54, 1.807) is 11.8 Å². The molecule has 2 amide bonds. The van der Waals surface area contributed by atoms with Gasteiger partial charge >= 0.3 is 0 Å². The molecule has 1 aliphatic rings. The highest BCUT2D eigenvalue weighted by Crippen LogP contribution is 2.19. The Bertz CT molecular complexity index is 752. The zero-order valence-corrected chi connectivity index (χ0v) is 15.1. The number of hydrogen-bond donors (Lipinski definition) is 1. The van der Waals surface area contributed by atoms with Crippen molar-refractivity contribution in [3.63, 3.8) is 0 Å². The van der Waals surface area contributed by atoms with Gasteiger partial charge in [0, 0.05) is 43.7 Å². The zero-order valence-electron chi connectivity index (χ0n) is 15.1. The summed E-state index contributed by atoms with van der Waals surface area (Å²) >= 11 is 0. The van der Waals surface area contributed by atoms with Crippen molar-refractivity contribution in [3.8, 4) is 0 Å². The fourth-order valence-corrected chi connectivity index (χ4v) is 3.62. The van der Waals surface area contributed by atoms with E-state index >= 15 is 0 Å². The van der Waals surface area contributed by atoms with Gasteiger partial charge in [-0.15, -0.1) is 0 Å². The lowest BCUT2D eigenvalue weighted by atomic mass is 10.0. The molecule has 1 aromatic carbocycles. The summed E-state index contributed by atoms with van der Waals surface area (Å²) in [6.45, 7) is 6.10. The number of hydrogen-bond acceptors (Lipinski definition) is 2. The van der Waals surface area contributed by atoms with Gasteiger partial charge in [-0.2, -0.15) is 0 Å². The molecule has 5 nitrogen and oxygen atoms in total. The van der Waals surface area contributed by atoms with E-state index < -0.39 is 0 Å². The van der Waals surface area contributed by atoms with Crippen molar-refractivity contribution < 1.29 is 9.59 Å². The number of fused-ring (bicyclic) bond motifs is 1. The number of aromatic nitrogens is 1. The van der Waals surface area contributed by atoms with Crippen molar-refractivity contribution in [3.05, 3.63) is 36.0 Å². The summed E-state index contributed by atoms with van der Waals surface area (Å²) < 4.78 is 0. The van der Waals surface area contributed by atoms with Gasteiger partial charge in [0.25, 0.3) is 0 Å². The Morgan fingerprint density at radius 3 is 2.88 bits per heavy atom. The Kier molecular flexibility index (Phi) is 5.41. The number of carbonyl (C=O) groups is 2. The van der Waals surface area contributed by atoms with Crippen LogP contribution in [0.15, 0.2) is 30.5 Å². The van der Waals surface area contributed by atoms with Crippen LogP contribution >= 0.6 is 0 Å². The molecule has 1 aromatic heterocycles. The Morgan fingerprint density at radius 2 is 2.12 bits per heavy atom. The van der Waals surface area contributed by atoms with Crippen LogP contribution in [0.25, 0.3) is 10.9 Å². The quantitative estimate of drug-likeness (QED) is 0.909. The molecule has 0 spiro atoms. The smallest absolute Gasteiger partial charge is 0.242 e. The molecule has 0 bridgehead atoms. The van der Waals surface area contributed by atoms with Crippen LogP contribution < -0.4 is 0 Å². The highest BCUT2D eigenvalue weighted by atomic mass is 16.2. The van der Waals surface area contributed by atoms with E-state index in [4.69, 9.17) is 0 Å². The first-order chi connectivity index (χ1) is 12.0. The summed E-state index contributed by atoms with van der Waals surface area (Å²) in [6.07, 6.45) is 4.98. The second-order valence-corrected chi connectivity index (χ2v) is 7.14. The maximum atomic E-state index is 12.6. The van der Waals surface area contributed by atoms with E-state index in [0.29, 0.717) is 12.5 Å². The topological polar surface area (TPSA) is 56.4 Å². The Morgan fingerprint density at radius 1 is 1.32 bits per heavy atom. The minimum absolute atomic E-state index is 0.0433. The molecule has 5 heteroatoms. The van der Waals surface area contributed by atoms with Crippen LogP contribution in [-0.4, -0.2) is 52.8 Å². The van der Waals surface area contributed by atoms with Crippen LogP contribution in [0.5, 0.6) is 0 Å². The highest BCUT2D eigenvalue weighted by Gasteiger charge is 2.23. The average molecular weight is 341 g/mol. The number of nitrogens with one attached hydrogen (secondary N) is 1. The third-order valence-electron chi connectivity index (χ3n) is 5.11. The Balaban J connectivity index is 1.61. The first-order valence-corrected chi connectivity index (χ1v) is 9.13. The van der Waals surface area contributed by atoms with Crippen LogP contribution in [0.4, 0.5) is 0 Å². The number of para-hydroxylation sites is 1. The lowest BCUT2D eigenvalue weighted by Gasteiger charge is -2.32. The molecule has 134 valence electrons. The predicted molar refractivity (Wildman–Crippen MR) is 99.2 cm³/mol. The molecule has 1 N–H and O–H groups in total. The lowest BCUT2D eigenvalue weighted by molar-refractivity contribution is -0.140. The predicted octanol–water partition coefficient (Wildman–Crippen LogP) is 2.82. The fraction of sp³-hybridized carbons (Fsp3) is 0.500. The van der Waals surface area contributed by atoms with Crippen LogP contribution in [0.2, 0.25) is 0 Å². The number of piperidine rings is 1. The molecular formula is C20H27N3O2. The van der Waals surface area contributed by atoms with Gasteiger partial charge in [0.1, 0.15) is 0 Å². The van der Waals surface area contributed by atoms with Gasteiger partial charge in [-0.25, -0.2) is 0 Å². The van der Waals surface area contributed by atoms with E-state index in [1.165, 1.54) is 17.4 Å². The lowest BCUT2D eigenvalue weighted by Crippen LogP contribution is -2.46. The minimum atomic E-state index is -0.0433. The van der Waals surface area contributed by atoms with Gasteiger partial charge in [0.15, 0.2) is 0 Å². The molecule has 1 atom stereocenters. The first kappa shape index (κ1) is 17.5. The second-order valence-electron chi connectivity index (χ2n) is 7.14. The number of nitrogens with zero attached hydrogens (tertiary/aromatic N) is 2. The first-order valence-electron chi connectivity index (χ1n) is 9.13. The van der Waals surface area contributed by atoms with Crippen molar-refractivity contribution in [1.29, 1.82) is 0 Å². The van der Waals surface area contributed by atoms with E-state index in [1.807, 2.05) is 29.3 Å². The van der Waals surface area contributed by atoms with Gasteiger partial charge < -0.3 is 14.8 Å². The fourth-order valence-electron chi connectivity index (χ4n) is 3.62. The molecule has 2 aromatic rings. The van der Waals surface area contributed by atoms with Crippen molar-refractivity contribution in [2.45, 2.75) is 33.1 Å². The number of amides is 2. The Hall–Kier alpha value is -2.30. The zero-order chi connectivity index (χ0) is 17.8. The maximum Gasteiger partial charge on any atom is 0.242 e. The summed E-state index contributed by atoms with van der Waals surface area (Å²) in [7, 11) is 0. The van der Waals surface area contributed by atoms with Gasteiger partial charge in [-0.3, -0.25) is 9.59 Å². The number of likely N-dealkylation sites (tertiary alicyclic amines) is 1. The highest BCUT2D eigenvalue weighted by molar-refractivity contribution is 5.85. The average Bonchev–Trinajstić information content (AvgIpc) is 3.01. The van der Waals surface area contributed by atoms with E-state index in [0.717, 1.165) is 31.4 Å². The molecule has 0 radical (unpaired) electrons. The molecule has 0 aliphatic carbocycles. The van der Waals surface area contributed by atoms with Gasteiger partial charge in [-0.05, 0) is 36.8 Å². The summed E-state index contributed by atoms with van der Waals surface area (Å²) in [5, 5.41) is 1.18. The molecule has 1 unspecified atom stereocenters. The van der Waals surface area contributed by atoms with Crippen LogP contribution in [-0.2, 0) is 16.0 Å². The molecule has 1 saturated heterocycles. The third kappa shape index (κ3) is 4.21. The normalized spacial score (nSPS) is 17.7. The summed E-state index contributed by atoms with van der Waals surface area (Å²) in [5.41, 5.74) is 2.28. The van der Waals surface area contributed by atoms with Crippen molar-refractivity contribution in [1.82, 2.24) is 14.8 Å². The number of rotatable bonds is 5. The molecule has 1 aliphatic heterocycles. The van der Waals surface area contributed by atoms with E-state index in [-0.39, 0.29) is 18.4 Å². The number of H-pyrrole nitrogens is 1. The molecule has 2 heterocycles. The maximum absolute atomic E-state index is 12.6. The molecule has 25 heavy (non-hydrogen) atoms. The standard InChI is InChI=1S/C20H27N3O2/c1-15-6-5-10-23(13-15)20(25)14-22(16(2)24)11-9-17-12-21-19-8-4-3-7-18(17)19/h3-4,7-8,12,15,21H,5-6,9-11,13-14H2,1-2H3. The van der Waals surface area contributed by atoms with Gasteiger partial charge in [-0.1, -0.05) is 25.1 Å². The van der Waals surface area contributed by atoms with Crippen molar-refractivity contribution >= 4 is 22.7 Å². The van der Waals surface area contributed by atoms with E-state index in [2.05, 4.69) is 18.0 Å². The molecule has 0 saturated carbocycles. The largest absolute Gasteiger partial charge is 0.361 e. The number of aromatic amines is 1. The van der Waals surface area contributed by atoms with Crippen molar-refractivity contribution in [2.24, 2.45) is 5.92 Å². The van der Waals surface area contributed by atoms with Crippen LogP contribution in [0.3, 0.4) is 0 Å². The minimum Gasteiger partial charge on any atom is -0.361 e. The summed E-state index contributed by atoms with van der Waals surface area (Å²) in [4.78, 5) is 31.4. The molecule has 1 fully saturated rings. The monoisotopic (exact) mass is 341 g/mol. The Labute approximate surface area is 149 Å². The van der Waals surface area contributed by atoms with E-state index in [9.17, 15) is 9.59 Å². The van der Waals surface area contributed by atoms with Gasteiger partial charge in [0.05, 0.1) is 6.54 Å². The number of benzene rings is 1. The summed E-state index contributed by atoms with van der Waals surface area (Å²) in [5.74, 6) is 0.577. The SMILES string of the molecule is CC(=O)N(CCc1c[nH]c2ccccc12)CC(=O)N1CCCC(C)C1. The summed E-state index contributed by atoms with van der Waals surface area (Å²) in [6, 6.07) is 8.15. The van der Waals surface area contributed by atoms with Crippen LogP contribution in [0.1, 0.15) is 32.3 Å². The molecule has 3 rings (SSSR count).